The van der Waals surface area contributed by atoms with Crippen molar-refractivity contribution in [3.63, 3.8) is 0 Å². The van der Waals surface area contributed by atoms with Crippen molar-refractivity contribution < 1.29 is 28.6 Å². The van der Waals surface area contributed by atoms with Crippen LogP contribution in [0, 0.1) is 0 Å². The van der Waals surface area contributed by atoms with Crippen LogP contribution in [0.1, 0.15) is 278 Å². The fraction of sp³-hybridized carbons (Fsp3) is 0.667. The van der Waals surface area contributed by atoms with Crippen molar-refractivity contribution >= 4 is 17.9 Å². The Labute approximate surface area is 462 Å². The molecule has 0 saturated carbocycles. The van der Waals surface area contributed by atoms with Crippen LogP contribution < -0.4 is 0 Å². The molecule has 0 fully saturated rings. The summed E-state index contributed by atoms with van der Waals surface area (Å²) < 4.78 is 16.9. The Morgan fingerprint density at radius 2 is 0.480 bits per heavy atom. The van der Waals surface area contributed by atoms with E-state index in [0.717, 1.165) is 141 Å². The zero-order valence-electron chi connectivity index (χ0n) is 48.8. The van der Waals surface area contributed by atoms with E-state index in [2.05, 4.69) is 142 Å². The molecule has 0 saturated heterocycles. The molecule has 0 aromatic heterocycles. The molecule has 0 N–H and O–H groups in total. The Morgan fingerprint density at radius 3 is 0.747 bits per heavy atom. The van der Waals surface area contributed by atoms with Crippen LogP contribution in [0.15, 0.2) is 122 Å². The molecule has 0 amide bonds. The zero-order valence-corrected chi connectivity index (χ0v) is 48.8. The van der Waals surface area contributed by atoms with Gasteiger partial charge in [-0.2, -0.15) is 0 Å². The third-order valence-corrected chi connectivity index (χ3v) is 12.9. The molecular formula is C69H114O6. The minimum atomic E-state index is -0.794. The first-order valence-electron chi connectivity index (χ1n) is 31.0. The van der Waals surface area contributed by atoms with E-state index in [4.69, 9.17) is 14.2 Å². The molecule has 0 heterocycles. The van der Waals surface area contributed by atoms with Crippen molar-refractivity contribution in [3.05, 3.63) is 122 Å². The summed E-state index contributed by atoms with van der Waals surface area (Å²) in [5.41, 5.74) is 0. The third-order valence-electron chi connectivity index (χ3n) is 12.9. The maximum Gasteiger partial charge on any atom is 0.306 e. The Kier molecular flexibility index (Phi) is 58.9. The number of allylic oxidation sites excluding steroid dienone is 20. The van der Waals surface area contributed by atoms with Crippen molar-refractivity contribution in [3.8, 4) is 0 Å². The smallest absolute Gasteiger partial charge is 0.306 e. The highest BCUT2D eigenvalue weighted by Crippen LogP contribution is 2.15. The van der Waals surface area contributed by atoms with Gasteiger partial charge in [-0.15, -0.1) is 0 Å². The standard InChI is InChI=1S/C69H114O6/c1-4-7-10-13-16-19-22-25-28-31-34-37-40-43-46-49-52-55-58-61-67(70)73-64-66(75-69(72)63-60-57-54-51-48-45-42-39-36-33-30-27-24-21-18-15-12-9-6-3)65-74-68(71)62-59-56-53-50-47-44-41-38-35-32-29-26-23-20-17-14-11-8-5-2/h7-12,16-21,25-30,34,37,66H,4-6,13-15,22-24,31-33,35-36,38-65H2,1-3H3/b10-7-,11-8-,12-9-,19-16-,20-17-,21-18-,28-25-,29-26-,30-27-,37-34-. The molecule has 0 rings (SSSR count). The lowest BCUT2D eigenvalue weighted by Gasteiger charge is -2.18. The van der Waals surface area contributed by atoms with Gasteiger partial charge in [0.15, 0.2) is 6.10 Å². The number of carbonyl (C=O) groups is 3. The molecule has 0 spiro atoms. The topological polar surface area (TPSA) is 78.9 Å². The van der Waals surface area contributed by atoms with Crippen LogP contribution >= 0.6 is 0 Å². The summed E-state index contributed by atoms with van der Waals surface area (Å²) in [6.45, 7) is 6.30. The molecule has 1 unspecified atom stereocenters. The van der Waals surface area contributed by atoms with Crippen LogP contribution in [0.25, 0.3) is 0 Å². The second kappa shape index (κ2) is 62.4. The molecule has 426 valence electrons. The fourth-order valence-corrected chi connectivity index (χ4v) is 8.40. The van der Waals surface area contributed by atoms with Gasteiger partial charge in [0, 0.05) is 19.3 Å². The van der Waals surface area contributed by atoms with Gasteiger partial charge in [-0.05, 0) is 122 Å². The van der Waals surface area contributed by atoms with Gasteiger partial charge in [0.2, 0.25) is 0 Å². The van der Waals surface area contributed by atoms with Crippen LogP contribution in [0.4, 0.5) is 0 Å². The summed E-state index contributed by atoms with van der Waals surface area (Å²) in [7, 11) is 0. The van der Waals surface area contributed by atoms with Crippen molar-refractivity contribution in [2.75, 3.05) is 13.2 Å². The van der Waals surface area contributed by atoms with E-state index < -0.39 is 6.10 Å². The van der Waals surface area contributed by atoms with E-state index in [-0.39, 0.29) is 31.1 Å². The van der Waals surface area contributed by atoms with E-state index in [0.29, 0.717) is 19.3 Å². The summed E-state index contributed by atoms with van der Waals surface area (Å²) in [4.78, 5) is 38.3. The Hall–Kier alpha value is -4.19. The lowest BCUT2D eigenvalue weighted by atomic mass is 10.1. The molecule has 0 radical (unpaired) electrons. The quantitative estimate of drug-likeness (QED) is 0.0261. The van der Waals surface area contributed by atoms with Crippen LogP contribution in [0.5, 0.6) is 0 Å². The normalized spacial score (nSPS) is 12.9. The number of hydrogen-bond acceptors (Lipinski definition) is 6. The SMILES string of the molecule is CC/C=C\C/C=C\C/C=C\C/C=C\CCCCCCCCC(=O)OCC(COC(=O)CCCCCCCCCCC/C=C\C/C=C\C/C=C\CC)OC(=O)CCCCCCCCCCC/C=C\C/C=C\C/C=C\CC. The van der Waals surface area contributed by atoms with Crippen molar-refractivity contribution in [2.45, 2.75) is 284 Å². The minimum absolute atomic E-state index is 0.0899. The number of rotatable bonds is 55. The largest absolute Gasteiger partial charge is 0.462 e. The highest BCUT2D eigenvalue weighted by Gasteiger charge is 2.19. The number of unbranched alkanes of at least 4 members (excludes halogenated alkanes) is 24. The maximum atomic E-state index is 12.9. The lowest BCUT2D eigenvalue weighted by Crippen LogP contribution is -2.30. The van der Waals surface area contributed by atoms with Gasteiger partial charge >= 0.3 is 17.9 Å². The Morgan fingerprint density at radius 1 is 0.267 bits per heavy atom. The predicted molar refractivity (Wildman–Crippen MR) is 325 cm³/mol. The minimum Gasteiger partial charge on any atom is -0.462 e. The number of ether oxygens (including phenoxy) is 3. The zero-order chi connectivity index (χ0) is 54.3. The Bertz CT molecular complexity index is 1570. The van der Waals surface area contributed by atoms with Gasteiger partial charge in [-0.25, -0.2) is 0 Å². The van der Waals surface area contributed by atoms with Gasteiger partial charge in [-0.3, -0.25) is 14.4 Å². The summed E-state index contributed by atoms with van der Waals surface area (Å²) in [6, 6.07) is 0. The van der Waals surface area contributed by atoms with Crippen LogP contribution in [0.2, 0.25) is 0 Å². The molecule has 0 bridgehead atoms. The van der Waals surface area contributed by atoms with Crippen molar-refractivity contribution in [1.82, 2.24) is 0 Å². The Balaban J connectivity index is 4.44. The van der Waals surface area contributed by atoms with Crippen molar-refractivity contribution in [1.29, 1.82) is 0 Å². The second-order valence-corrected chi connectivity index (χ2v) is 20.2. The van der Waals surface area contributed by atoms with Gasteiger partial charge < -0.3 is 14.2 Å². The van der Waals surface area contributed by atoms with Crippen LogP contribution in [0.3, 0.4) is 0 Å². The molecule has 0 aliphatic carbocycles. The average molecular weight is 1040 g/mol. The van der Waals surface area contributed by atoms with Gasteiger partial charge in [-0.1, -0.05) is 258 Å². The van der Waals surface area contributed by atoms with Gasteiger partial charge in [0.05, 0.1) is 0 Å². The highest BCUT2D eigenvalue weighted by atomic mass is 16.6. The number of esters is 3. The van der Waals surface area contributed by atoms with Crippen LogP contribution in [-0.4, -0.2) is 37.2 Å². The van der Waals surface area contributed by atoms with E-state index in [9.17, 15) is 14.4 Å². The molecule has 6 nitrogen and oxygen atoms in total. The second-order valence-electron chi connectivity index (χ2n) is 20.2. The summed E-state index contributed by atoms with van der Waals surface area (Å²) in [5, 5.41) is 0. The van der Waals surface area contributed by atoms with Crippen molar-refractivity contribution in [2.24, 2.45) is 0 Å². The summed E-state index contributed by atoms with van der Waals surface area (Å²) >= 11 is 0. The summed E-state index contributed by atoms with van der Waals surface area (Å²) in [5.74, 6) is -0.910. The first-order valence-corrected chi connectivity index (χ1v) is 31.0. The van der Waals surface area contributed by atoms with Gasteiger partial charge in [0.1, 0.15) is 13.2 Å². The first-order chi connectivity index (χ1) is 37.0. The third kappa shape index (κ3) is 60.6. The monoisotopic (exact) mass is 1040 g/mol. The van der Waals surface area contributed by atoms with E-state index in [1.807, 2.05) is 0 Å². The molecule has 1 atom stereocenters. The number of carbonyl (C=O) groups excluding carboxylic acids is 3. The maximum absolute atomic E-state index is 12.9. The predicted octanol–water partition coefficient (Wildman–Crippen LogP) is 21.2. The molecule has 6 heteroatoms. The molecular weight excluding hydrogens is 925 g/mol. The van der Waals surface area contributed by atoms with E-state index >= 15 is 0 Å². The van der Waals surface area contributed by atoms with Gasteiger partial charge in [0.25, 0.3) is 0 Å². The number of hydrogen-bond donors (Lipinski definition) is 0. The van der Waals surface area contributed by atoms with E-state index in [1.54, 1.807) is 0 Å². The average Bonchev–Trinajstić information content (AvgIpc) is 3.41. The molecule has 0 aliphatic rings. The molecule has 0 aliphatic heterocycles. The molecule has 0 aromatic carbocycles. The lowest BCUT2D eigenvalue weighted by molar-refractivity contribution is -0.167. The first kappa shape index (κ1) is 70.8. The van der Waals surface area contributed by atoms with E-state index in [1.165, 1.54) is 96.3 Å². The molecule has 75 heavy (non-hydrogen) atoms. The highest BCUT2D eigenvalue weighted by molar-refractivity contribution is 5.71. The van der Waals surface area contributed by atoms with Crippen LogP contribution in [-0.2, 0) is 28.6 Å². The summed E-state index contributed by atoms with van der Waals surface area (Å²) in [6.07, 6.45) is 86.2. The fourth-order valence-electron chi connectivity index (χ4n) is 8.40. The molecule has 0 aromatic rings.